The van der Waals surface area contributed by atoms with Crippen molar-refractivity contribution in [2.24, 2.45) is 17.3 Å². The number of nitrogens with one attached hydrogen (secondary N) is 1. The number of hydrogen-bond donors (Lipinski definition) is 1. The van der Waals surface area contributed by atoms with Gasteiger partial charge in [-0.05, 0) is 38.5 Å². The van der Waals surface area contributed by atoms with Crippen molar-refractivity contribution >= 4 is 0 Å². The molecule has 0 aromatic rings. The summed E-state index contributed by atoms with van der Waals surface area (Å²) in [5, 5.41) is 12.5. The summed E-state index contributed by atoms with van der Waals surface area (Å²) in [6, 6.07) is 3.06. The molecule has 0 aromatic heterocycles. The topological polar surface area (TPSA) is 35.8 Å². The normalized spacial score (nSPS) is 35.9. The SMILES string of the molecule is CC(C)(C#N)CNC1CCC[C@H]2C[C@@H]12. The van der Waals surface area contributed by atoms with Gasteiger partial charge in [-0.25, -0.2) is 0 Å². The molecule has 2 rings (SSSR count). The second kappa shape index (κ2) is 3.55. The third-order valence-corrected chi connectivity index (χ3v) is 3.69. The van der Waals surface area contributed by atoms with E-state index in [0.29, 0.717) is 6.04 Å². The molecular weight excluding hydrogens is 172 g/mol. The van der Waals surface area contributed by atoms with Crippen LogP contribution in [0.2, 0.25) is 0 Å². The van der Waals surface area contributed by atoms with Crippen molar-refractivity contribution in [2.45, 2.75) is 45.6 Å². The highest BCUT2D eigenvalue weighted by Crippen LogP contribution is 2.49. The molecule has 1 N–H and O–H groups in total. The molecule has 2 heteroatoms. The van der Waals surface area contributed by atoms with Gasteiger partial charge in [-0.15, -0.1) is 0 Å². The fraction of sp³-hybridized carbons (Fsp3) is 0.917. The molecule has 0 aromatic carbocycles. The van der Waals surface area contributed by atoms with Crippen molar-refractivity contribution in [3.8, 4) is 6.07 Å². The number of fused-ring (bicyclic) bond motifs is 1. The van der Waals surface area contributed by atoms with E-state index in [4.69, 9.17) is 5.26 Å². The lowest BCUT2D eigenvalue weighted by molar-refractivity contribution is 0.318. The van der Waals surface area contributed by atoms with E-state index in [-0.39, 0.29) is 5.41 Å². The van der Waals surface area contributed by atoms with E-state index in [1.807, 2.05) is 13.8 Å². The second-order valence-corrected chi connectivity index (χ2v) is 5.57. The van der Waals surface area contributed by atoms with Crippen molar-refractivity contribution in [2.75, 3.05) is 6.54 Å². The molecule has 3 atom stereocenters. The number of hydrogen-bond acceptors (Lipinski definition) is 2. The molecule has 0 bridgehead atoms. The number of rotatable bonds is 3. The number of nitriles is 1. The molecule has 14 heavy (non-hydrogen) atoms. The van der Waals surface area contributed by atoms with Crippen molar-refractivity contribution in [3.63, 3.8) is 0 Å². The lowest BCUT2D eigenvalue weighted by atomic mass is 9.92. The van der Waals surface area contributed by atoms with Gasteiger partial charge in [-0.2, -0.15) is 5.26 Å². The van der Waals surface area contributed by atoms with E-state index in [9.17, 15) is 0 Å². The molecule has 0 heterocycles. The Morgan fingerprint density at radius 2 is 2.21 bits per heavy atom. The van der Waals surface area contributed by atoms with E-state index in [2.05, 4.69) is 11.4 Å². The van der Waals surface area contributed by atoms with E-state index < -0.39 is 0 Å². The highest BCUT2D eigenvalue weighted by molar-refractivity contribution is 5.00. The van der Waals surface area contributed by atoms with Gasteiger partial charge < -0.3 is 5.32 Å². The van der Waals surface area contributed by atoms with Crippen LogP contribution in [0.1, 0.15) is 39.5 Å². The van der Waals surface area contributed by atoms with Crippen LogP contribution in [0, 0.1) is 28.6 Å². The van der Waals surface area contributed by atoms with E-state index in [1.165, 1.54) is 25.7 Å². The predicted molar refractivity (Wildman–Crippen MR) is 56.6 cm³/mol. The van der Waals surface area contributed by atoms with Crippen molar-refractivity contribution in [3.05, 3.63) is 0 Å². The third-order valence-electron chi connectivity index (χ3n) is 3.69. The fourth-order valence-corrected chi connectivity index (χ4v) is 2.59. The van der Waals surface area contributed by atoms with Crippen LogP contribution in [-0.4, -0.2) is 12.6 Å². The van der Waals surface area contributed by atoms with Gasteiger partial charge in [0, 0.05) is 12.6 Å². The van der Waals surface area contributed by atoms with Gasteiger partial charge in [0.25, 0.3) is 0 Å². The van der Waals surface area contributed by atoms with E-state index >= 15 is 0 Å². The fourth-order valence-electron chi connectivity index (χ4n) is 2.59. The second-order valence-electron chi connectivity index (χ2n) is 5.57. The van der Waals surface area contributed by atoms with Crippen molar-refractivity contribution in [1.29, 1.82) is 5.26 Å². The molecule has 0 saturated heterocycles. The standard InChI is InChI=1S/C12H20N2/c1-12(2,7-13)8-14-11-5-3-4-9-6-10(9)11/h9-11,14H,3-6,8H2,1-2H3/t9-,10+,11?/m0/s1. The summed E-state index contributed by atoms with van der Waals surface area (Å²) < 4.78 is 0. The first-order chi connectivity index (χ1) is 6.62. The van der Waals surface area contributed by atoms with Crippen molar-refractivity contribution in [1.82, 2.24) is 5.32 Å². The molecule has 0 amide bonds. The highest BCUT2D eigenvalue weighted by atomic mass is 14.9. The Morgan fingerprint density at radius 1 is 1.43 bits per heavy atom. The highest BCUT2D eigenvalue weighted by Gasteiger charge is 2.45. The van der Waals surface area contributed by atoms with E-state index in [0.717, 1.165) is 18.4 Å². The Labute approximate surface area is 86.7 Å². The first-order valence-corrected chi connectivity index (χ1v) is 5.77. The summed E-state index contributed by atoms with van der Waals surface area (Å²) in [4.78, 5) is 0. The Balaban J connectivity index is 1.78. The molecule has 2 aliphatic rings. The Kier molecular flexibility index (Phi) is 2.53. The summed E-state index contributed by atoms with van der Waals surface area (Å²) >= 11 is 0. The number of nitrogens with zero attached hydrogens (tertiary/aromatic N) is 1. The quantitative estimate of drug-likeness (QED) is 0.745. The maximum atomic E-state index is 8.91. The molecule has 0 spiro atoms. The van der Waals surface area contributed by atoms with Crippen LogP contribution in [0.25, 0.3) is 0 Å². The van der Waals surface area contributed by atoms with Gasteiger partial charge in [0.1, 0.15) is 0 Å². The third kappa shape index (κ3) is 2.09. The molecule has 2 saturated carbocycles. The van der Waals surface area contributed by atoms with Gasteiger partial charge in [0.15, 0.2) is 0 Å². The van der Waals surface area contributed by atoms with Gasteiger partial charge >= 0.3 is 0 Å². The zero-order chi connectivity index (χ0) is 10.2. The van der Waals surface area contributed by atoms with Crippen LogP contribution >= 0.6 is 0 Å². The van der Waals surface area contributed by atoms with Gasteiger partial charge in [-0.3, -0.25) is 0 Å². The predicted octanol–water partition coefficient (Wildman–Crippen LogP) is 2.31. The van der Waals surface area contributed by atoms with Gasteiger partial charge in [0.2, 0.25) is 0 Å². The first kappa shape index (κ1) is 9.98. The maximum Gasteiger partial charge on any atom is 0.0697 e. The summed E-state index contributed by atoms with van der Waals surface area (Å²) in [6.07, 6.45) is 5.59. The van der Waals surface area contributed by atoms with Crippen LogP contribution in [0.5, 0.6) is 0 Å². The smallest absolute Gasteiger partial charge is 0.0697 e. The molecular formula is C12H20N2. The molecule has 2 aliphatic carbocycles. The van der Waals surface area contributed by atoms with E-state index in [1.54, 1.807) is 0 Å². The first-order valence-electron chi connectivity index (χ1n) is 5.77. The van der Waals surface area contributed by atoms with Gasteiger partial charge in [0.05, 0.1) is 11.5 Å². The Bertz CT molecular complexity index is 252. The molecule has 0 aliphatic heterocycles. The monoisotopic (exact) mass is 192 g/mol. The minimum atomic E-state index is -0.207. The molecule has 2 nitrogen and oxygen atoms in total. The van der Waals surface area contributed by atoms with Crippen LogP contribution in [-0.2, 0) is 0 Å². The summed E-state index contributed by atoms with van der Waals surface area (Å²) in [7, 11) is 0. The largest absolute Gasteiger partial charge is 0.312 e. The lowest BCUT2D eigenvalue weighted by Gasteiger charge is -2.26. The molecule has 0 radical (unpaired) electrons. The lowest BCUT2D eigenvalue weighted by Crippen LogP contribution is -2.39. The Morgan fingerprint density at radius 3 is 2.93 bits per heavy atom. The minimum Gasteiger partial charge on any atom is -0.312 e. The van der Waals surface area contributed by atoms with Crippen molar-refractivity contribution < 1.29 is 0 Å². The summed E-state index contributed by atoms with van der Waals surface area (Å²) in [5.41, 5.74) is -0.207. The minimum absolute atomic E-state index is 0.207. The molecule has 1 unspecified atom stereocenters. The zero-order valence-corrected chi connectivity index (χ0v) is 9.21. The average Bonchev–Trinajstić information content (AvgIpc) is 2.94. The molecule has 2 fully saturated rings. The van der Waals surface area contributed by atoms with Crippen LogP contribution in [0.15, 0.2) is 0 Å². The van der Waals surface area contributed by atoms with Gasteiger partial charge in [-0.1, -0.05) is 12.8 Å². The van der Waals surface area contributed by atoms with Crippen LogP contribution in [0.3, 0.4) is 0 Å². The van der Waals surface area contributed by atoms with Crippen LogP contribution in [0.4, 0.5) is 0 Å². The summed E-state index contributed by atoms with van der Waals surface area (Å²) in [6.45, 7) is 4.86. The molecule has 78 valence electrons. The Hall–Kier alpha value is -0.550. The maximum absolute atomic E-state index is 8.91. The van der Waals surface area contributed by atoms with Crippen LogP contribution < -0.4 is 5.32 Å². The average molecular weight is 192 g/mol. The zero-order valence-electron chi connectivity index (χ0n) is 9.21. The summed E-state index contributed by atoms with van der Waals surface area (Å²) in [5.74, 6) is 1.96.